The normalized spacial score (nSPS) is 18.0. The van der Waals surface area contributed by atoms with Crippen LogP contribution in [0.4, 0.5) is 0 Å². The fourth-order valence-corrected chi connectivity index (χ4v) is 2.07. The lowest BCUT2D eigenvalue weighted by molar-refractivity contribution is 0.0420. The van der Waals surface area contributed by atoms with Crippen LogP contribution in [0.5, 0.6) is 0 Å². The van der Waals surface area contributed by atoms with E-state index in [2.05, 4.69) is 15.6 Å². The van der Waals surface area contributed by atoms with Gasteiger partial charge in [0.2, 0.25) is 0 Å². The van der Waals surface area contributed by atoms with Gasteiger partial charge in [0, 0.05) is 26.3 Å². The molecule has 0 amide bonds. The van der Waals surface area contributed by atoms with Gasteiger partial charge < -0.3 is 24.5 Å². The summed E-state index contributed by atoms with van der Waals surface area (Å²) in [7, 11) is 0. The highest BCUT2D eigenvalue weighted by Gasteiger charge is 2.15. The van der Waals surface area contributed by atoms with Crippen molar-refractivity contribution in [2.45, 2.75) is 32.4 Å². The lowest BCUT2D eigenvalue weighted by Gasteiger charge is -2.12. The zero-order chi connectivity index (χ0) is 14.8. The minimum Gasteiger partial charge on any atom is -0.467 e. The van der Waals surface area contributed by atoms with E-state index in [9.17, 15) is 0 Å². The first-order valence-corrected chi connectivity index (χ1v) is 7.62. The molecule has 7 heteroatoms. The molecule has 0 aromatic carbocycles. The Kier molecular flexibility index (Phi) is 10.3. The maximum absolute atomic E-state index is 5.72. The van der Waals surface area contributed by atoms with Crippen molar-refractivity contribution >= 4 is 29.9 Å². The zero-order valence-electron chi connectivity index (χ0n) is 13.0. The molecule has 1 aromatic rings. The Morgan fingerprint density at radius 2 is 2.36 bits per heavy atom. The van der Waals surface area contributed by atoms with Gasteiger partial charge in [0.1, 0.15) is 12.3 Å². The van der Waals surface area contributed by atoms with Crippen LogP contribution in [0.25, 0.3) is 0 Å². The summed E-state index contributed by atoms with van der Waals surface area (Å²) in [5, 5.41) is 6.51. The van der Waals surface area contributed by atoms with Crippen molar-refractivity contribution in [2.24, 2.45) is 4.99 Å². The molecule has 1 aliphatic heterocycles. The predicted molar refractivity (Wildman–Crippen MR) is 96.7 cm³/mol. The van der Waals surface area contributed by atoms with Gasteiger partial charge in [0.05, 0.1) is 19.0 Å². The zero-order valence-corrected chi connectivity index (χ0v) is 15.4. The van der Waals surface area contributed by atoms with E-state index in [0.29, 0.717) is 6.54 Å². The summed E-state index contributed by atoms with van der Waals surface area (Å²) >= 11 is 0. The molecular weight excluding hydrogens is 397 g/mol. The summed E-state index contributed by atoms with van der Waals surface area (Å²) < 4.78 is 16.3. The number of hydrogen-bond donors (Lipinski definition) is 2. The molecule has 1 unspecified atom stereocenters. The SMILES string of the molecule is CCNC(=NCc1ccco1)NCCCOC1CCOC1.I. The first-order chi connectivity index (χ1) is 10.4. The number of halogens is 1. The van der Waals surface area contributed by atoms with Crippen LogP contribution in [0.15, 0.2) is 27.8 Å². The molecular formula is C15H26IN3O3. The molecule has 0 radical (unpaired) electrons. The third kappa shape index (κ3) is 7.46. The van der Waals surface area contributed by atoms with E-state index >= 15 is 0 Å². The Bertz CT molecular complexity index is 406. The van der Waals surface area contributed by atoms with Crippen LogP contribution in [0.1, 0.15) is 25.5 Å². The van der Waals surface area contributed by atoms with Crippen LogP contribution in [0.2, 0.25) is 0 Å². The van der Waals surface area contributed by atoms with Gasteiger partial charge in [0.25, 0.3) is 0 Å². The van der Waals surface area contributed by atoms with Crippen molar-refractivity contribution in [1.29, 1.82) is 0 Å². The Hall–Kier alpha value is -0.800. The Labute approximate surface area is 149 Å². The predicted octanol–water partition coefficient (Wildman–Crippen LogP) is 2.15. The van der Waals surface area contributed by atoms with Gasteiger partial charge in [-0.15, -0.1) is 24.0 Å². The van der Waals surface area contributed by atoms with Crippen molar-refractivity contribution in [2.75, 3.05) is 32.9 Å². The van der Waals surface area contributed by atoms with Crippen molar-refractivity contribution < 1.29 is 13.9 Å². The largest absolute Gasteiger partial charge is 0.467 e. The maximum Gasteiger partial charge on any atom is 0.191 e. The number of nitrogens with one attached hydrogen (secondary N) is 2. The summed E-state index contributed by atoms with van der Waals surface area (Å²) in [4.78, 5) is 4.47. The lowest BCUT2D eigenvalue weighted by Crippen LogP contribution is -2.38. The summed E-state index contributed by atoms with van der Waals surface area (Å²) in [5.74, 6) is 1.66. The molecule has 0 bridgehead atoms. The molecule has 126 valence electrons. The van der Waals surface area contributed by atoms with Gasteiger partial charge in [0.15, 0.2) is 5.96 Å². The van der Waals surface area contributed by atoms with Gasteiger partial charge in [-0.1, -0.05) is 0 Å². The minimum atomic E-state index is 0. The second-order valence-corrected chi connectivity index (χ2v) is 4.91. The summed E-state index contributed by atoms with van der Waals surface area (Å²) in [6.45, 7) is 6.56. The van der Waals surface area contributed by atoms with Gasteiger partial charge in [-0.25, -0.2) is 4.99 Å². The van der Waals surface area contributed by atoms with E-state index in [1.54, 1.807) is 6.26 Å². The summed E-state index contributed by atoms with van der Waals surface area (Å²) in [5.41, 5.74) is 0. The standard InChI is InChI=1S/C15H25N3O3.HI/c1-2-16-15(18-11-13-5-3-8-20-13)17-7-4-9-21-14-6-10-19-12-14;/h3,5,8,14H,2,4,6-7,9-12H2,1H3,(H2,16,17,18);1H. The van der Waals surface area contributed by atoms with E-state index in [0.717, 1.165) is 57.5 Å². The smallest absolute Gasteiger partial charge is 0.191 e. The first-order valence-electron chi connectivity index (χ1n) is 7.62. The van der Waals surface area contributed by atoms with Crippen molar-refractivity contribution in [3.8, 4) is 0 Å². The number of guanidine groups is 1. The van der Waals surface area contributed by atoms with E-state index in [1.165, 1.54) is 0 Å². The number of furan rings is 1. The molecule has 22 heavy (non-hydrogen) atoms. The van der Waals surface area contributed by atoms with Gasteiger partial charge in [-0.05, 0) is 31.9 Å². The molecule has 0 saturated carbocycles. The second-order valence-electron chi connectivity index (χ2n) is 4.91. The van der Waals surface area contributed by atoms with E-state index in [4.69, 9.17) is 13.9 Å². The summed E-state index contributed by atoms with van der Waals surface area (Å²) in [6, 6.07) is 3.79. The third-order valence-electron chi connectivity index (χ3n) is 3.17. The molecule has 0 aliphatic carbocycles. The van der Waals surface area contributed by atoms with Gasteiger partial charge in [-0.2, -0.15) is 0 Å². The summed E-state index contributed by atoms with van der Waals surface area (Å²) in [6.07, 6.45) is 3.91. The van der Waals surface area contributed by atoms with Crippen LogP contribution in [-0.4, -0.2) is 45.0 Å². The van der Waals surface area contributed by atoms with Crippen molar-refractivity contribution in [3.05, 3.63) is 24.2 Å². The maximum atomic E-state index is 5.72. The Balaban J connectivity index is 0.00000242. The average molecular weight is 423 g/mol. The third-order valence-corrected chi connectivity index (χ3v) is 3.17. The fourth-order valence-electron chi connectivity index (χ4n) is 2.07. The topological polar surface area (TPSA) is 68.0 Å². The second kappa shape index (κ2) is 11.7. The quantitative estimate of drug-likeness (QED) is 0.290. The molecule has 1 fully saturated rings. The molecule has 2 rings (SSSR count). The van der Waals surface area contributed by atoms with Gasteiger partial charge in [-0.3, -0.25) is 0 Å². The molecule has 6 nitrogen and oxygen atoms in total. The first kappa shape index (κ1) is 19.2. The molecule has 1 atom stereocenters. The Morgan fingerprint density at radius 3 is 3.05 bits per heavy atom. The van der Waals surface area contributed by atoms with Crippen LogP contribution in [-0.2, 0) is 16.0 Å². The number of nitrogens with zero attached hydrogens (tertiary/aromatic N) is 1. The van der Waals surface area contributed by atoms with Crippen LogP contribution < -0.4 is 10.6 Å². The molecule has 2 N–H and O–H groups in total. The highest BCUT2D eigenvalue weighted by molar-refractivity contribution is 14.0. The average Bonchev–Trinajstić information content (AvgIpc) is 3.17. The van der Waals surface area contributed by atoms with Crippen LogP contribution >= 0.6 is 24.0 Å². The Morgan fingerprint density at radius 1 is 1.45 bits per heavy atom. The lowest BCUT2D eigenvalue weighted by atomic mass is 10.3. The number of aliphatic imine (C=N–C) groups is 1. The van der Waals surface area contributed by atoms with Crippen LogP contribution in [0.3, 0.4) is 0 Å². The van der Waals surface area contributed by atoms with E-state index < -0.39 is 0 Å². The van der Waals surface area contributed by atoms with Crippen molar-refractivity contribution in [1.82, 2.24) is 10.6 Å². The molecule has 0 spiro atoms. The minimum absolute atomic E-state index is 0. The number of rotatable bonds is 8. The molecule has 1 aromatic heterocycles. The monoisotopic (exact) mass is 423 g/mol. The van der Waals surface area contributed by atoms with Crippen molar-refractivity contribution in [3.63, 3.8) is 0 Å². The van der Waals surface area contributed by atoms with E-state index in [-0.39, 0.29) is 30.1 Å². The highest BCUT2D eigenvalue weighted by Crippen LogP contribution is 2.07. The number of hydrogen-bond acceptors (Lipinski definition) is 4. The fraction of sp³-hybridized carbons (Fsp3) is 0.667. The van der Waals surface area contributed by atoms with Crippen LogP contribution in [0, 0.1) is 0 Å². The number of ether oxygens (including phenoxy) is 2. The van der Waals surface area contributed by atoms with E-state index in [1.807, 2.05) is 19.1 Å². The van der Waals surface area contributed by atoms with Gasteiger partial charge >= 0.3 is 0 Å². The molecule has 1 aliphatic rings. The molecule has 2 heterocycles. The molecule has 1 saturated heterocycles. The highest BCUT2D eigenvalue weighted by atomic mass is 127.